The van der Waals surface area contributed by atoms with Gasteiger partial charge in [-0.15, -0.1) is 0 Å². The monoisotopic (exact) mass is 855 g/mol. The van der Waals surface area contributed by atoms with Gasteiger partial charge < -0.3 is 29.7 Å². The molecular formula is C39H49ClF3N5O9S. The van der Waals surface area contributed by atoms with E-state index < -0.39 is 86.4 Å². The van der Waals surface area contributed by atoms with Gasteiger partial charge in [0.25, 0.3) is 5.91 Å². The number of methoxy groups -OCH3 is 1. The fourth-order valence-electron chi connectivity index (χ4n) is 7.77. The molecule has 19 heteroatoms. The number of nitrogens with zero attached hydrogens (tertiary/aromatic N) is 2. The standard InChI is InChI=1S/C39H49ClF3N5O9S/c1-6-22-16-21(2)10-7-8-11-23-18-38(23,35(51)47-58(53,54)25-14-15-25)46-32(49)28-17-24(56-33-26-12-9-13-27(40)30(26)29(55-5)19-44-33)20-48(28)34(50)31(22)45-36(52)57-37(3,4)39(41,42)43/h8-9,11-13,19,21-25,28,31H,6-7,10,14-18,20H2,1-5H3,(H,45,52)(H,46,49)(H,47,51)/b11-8-/t21-,22-,23-,24-,28+,31+,38-/m1/s1. The lowest BCUT2D eigenvalue weighted by atomic mass is 9.85. The number of alkyl halides is 3. The highest BCUT2D eigenvalue weighted by atomic mass is 35.5. The third-order valence-electron chi connectivity index (χ3n) is 11.6. The van der Waals surface area contributed by atoms with Gasteiger partial charge in [0.15, 0.2) is 0 Å². The molecule has 2 aromatic rings. The van der Waals surface area contributed by atoms with Crippen LogP contribution in [-0.4, -0.2) is 96.5 Å². The molecule has 0 unspecified atom stereocenters. The van der Waals surface area contributed by atoms with Gasteiger partial charge in [-0.3, -0.25) is 19.1 Å². The van der Waals surface area contributed by atoms with E-state index in [-0.39, 0.29) is 31.2 Å². The number of halogens is 4. The highest BCUT2D eigenvalue weighted by molar-refractivity contribution is 7.91. The summed E-state index contributed by atoms with van der Waals surface area (Å²) in [5.41, 5.74) is -4.54. The zero-order chi connectivity index (χ0) is 42.4. The van der Waals surface area contributed by atoms with Crippen molar-refractivity contribution in [1.29, 1.82) is 0 Å². The number of allylic oxidation sites excluding steroid dienone is 1. The third-order valence-corrected chi connectivity index (χ3v) is 13.7. The summed E-state index contributed by atoms with van der Waals surface area (Å²) in [5, 5.41) is 5.83. The zero-order valence-electron chi connectivity index (χ0n) is 32.9. The SMILES string of the molecule is CC[C@@H]1C[C@H](C)CC/C=C\[C@@H]2C[C@@]2(C(=O)NS(=O)(=O)C2CC2)NC(=O)[C@@H]2C[C@@H](Oc3ncc(OC)c4c(Cl)cccc34)CN2C(=O)[C@H]1NC(=O)OC(C)(C)C(F)(F)F. The number of sulfonamides is 1. The average Bonchev–Trinajstić information content (AvgIpc) is 4.07. The van der Waals surface area contributed by atoms with Crippen LogP contribution in [0.1, 0.15) is 79.1 Å². The van der Waals surface area contributed by atoms with Crippen LogP contribution in [0, 0.1) is 17.8 Å². The molecule has 1 aromatic heterocycles. The Hall–Kier alpha value is -4.32. The number of ether oxygens (including phenoxy) is 3. The van der Waals surface area contributed by atoms with Gasteiger partial charge in [-0.1, -0.05) is 50.1 Å². The first-order valence-corrected chi connectivity index (χ1v) is 21.3. The van der Waals surface area contributed by atoms with Crippen LogP contribution in [0.15, 0.2) is 36.5 Å². The Kier molecular flexibility index (Phi) is 12.2. The van der Waals surface area contributed by atoms with Crippen molar-refractivity contribution in [2.75, 3.05) is 13.7 Å². The van der Waals surface area contributed by atoms with Crippen LogP contribution in [0.3, 0.4) is 0 Å². The van der Waals surface area contributed by atoms with Crippen molar-refractivity contribution in [3.8, 4) is 11.6 Å². The van der Waals surface area contributed by atoms with E-state index in [9.17, 15) is 40.8 Å². The maximum Gasteiger partial charge on any atom is 0.427 e. The van der Waals surface area contributed by atoms with Crippen LogP contribution in [0.5, 0.6) is 11.6 Å². The summed E-state index contributed by atoms with van der Waals surface area (Å²) in [6.07, 6.45) is 0.389. The Balaban J connectivity index is 1.38. The Morgan fingerprint density at radius 1 is 1.14 bits per heavy atom. The molecule has 0 spiro atoms. The zero-order valence-corrected chi connectivity index (χ0v) is 34.4. The molecule has 4 aliphatic rings. The van der Waals surface area contributed by atoms with Crippen molar-refractivity contribution in [1.82, 2.24) is 25.2 Å². The number of carbonyl (C=O) groups excluding carboxylic acids is 4. The van der Waals surface area contributed by atoms with Crippen LogP contribution in [-0.2, 0) is 29.1 Å². The van der Waals surface area contributed by atoms with Gasteiger partial charge in [-0.2, -0.15) is 13.2 Å². The molecule has 14 nitrogen and oxygen atoms in total. The molecule has 0 radical (unpaired) electrons. The molecule has 6 rings (SSSR count). The van der Waals surface area contributed by atoms with E-state index in [2.05, 4.69) is 20.3 Å². The number of hydrogen-bond donors (Lipinski definition) is 3. The Labute approximate surface area is 340 Å². The predicted molar refractivity (Wildman–Crippen MR) is 206 cm³/mol. The molecule has 3 N–H and O–H groups in total. The molecule has 2 aliphatic heterocycles. The van der Waals surface area contributed by atoms with E-state index in [1.807, 2.05) is 13.0 Å². The van der Waals surface area contributed by atoms with Gasteiger partial charge in [-0.05, 0) is 76.3 Å². The Morgan fingerprint density at radius 3 is 2.52 bits per heavy atom. The first kappa shape index (κ1) is 43.3. The van der Waals surface area contributed by atoms with E-state index in [1.165, 1.54) is 18.2 Å². The number of rotatable bonds is 9. The molecular weight excluding hydrogens is 807 g/mol. The van der Waals surface area contributed by atoms with Crippen molar-refractivity contribution < 1.29 is 55.0 Å². The lowest BCUT2D eigenvalue weighted by Crippen LogP contribution is -2.59. The highest BCUT2D eigenvalue weighted by Gasteiger charge is 2.62. The number of amides is 4. The van der Waals surface area contributed by atoms with Crippen LogP contribution in [0.25, 0.3) is 10.8 Å². The van der Waals surface area contributed by atoms with Crippen LogP contribution in [0.2, 0.25) is 5.02 Å². The van der Waals surface area contributed by atoms with Crippen LogP contribution in [0.4, 0.5) is 18.0 Å². The average molecular weight is 856 g/mol. The largest absolute Gasteiger partial charge is 0.494 e. The number of carbonyl (C=O) groups is 4. The number of fused-ring (bicyclic) bond motifs is 3. The summed E-state index contributed by atoms with van der Waals surface area (Å²) in [6.45, 7) is 4.88. The number of aromatic nitrogens is 1. The lowest BCUT2D eigenvalue weighted by Gasteiger charge is -2.35. The number of pyridine rings is 1. The second-order valence-electron chi connectivity index (χ2n) is 16.3. The van der Waals surface area contributed by atoms with Gasteiger partial charge >= 0.3 is 12.3 Å². The fraction of sp³-hybridized carbons (Fsp3) is 0.615. The molecule has 2 saturated carbocycles. The molecule has 58 heavy (non-hydrogen) atoms. The van der Waals surface area contributed by atoms with Gasteiger partial charge in [0.1, 0.15) is 29.5 Å². The molecule has 0 bridgehead atoms. The topological polar surface area (TPSA) is 182 Å². The fourth-order valence-corrected chi connectivity index (χ4v) is 9.40. The smallest absolute Gasteiger partial charge is 0.427 e. The van der Waals surface area contributed by atoms with Crippen LogP contribution >= 0.6 is 11.6 Å². The summed E-state index contributed by atoms with van der Waals surface area (Å²) >= 11 is 6.52. The summed E-state index contributed by atoms with van der Waals surface area (Å²) in [5.74, 6) is -3.17. The van der Waals surface area contributed by atoms with E-state index in [0.29, 0.717) is 73.9 Å². The molecule has 4 amide bonds. The van der Waals surface area contributed by atoms with Gasteiger partial charge in [0.05, 0.1) is 30.1 Å². The van der Waals surface area contributed by atoms with Gasteiger partial charge in [0.2, 0.25) is 33.3 Å². The second-order valence-corrected chi connectivity index (χ2v) is 18.6. The molecule has 2 aliphatic carbocycles. The van der Waals surface area contributed by atoms with E-state index >= 15 is 0 Å². The minimum absolute atomic E-state index is 0.0399. The second kappa shape index (κ2) is 16.4. The minimum atomic E-state index is -4.92. The van der Waals surface area contributed by atoms with E-state index in [1.54, 1.807) is 31.2 Å². The summed E-state index contributed by atoms with van der Waals surface area (Å²) in [6, 6.07) is 2.27. The number of benzene rings is 1. The predicted octanol–water partition coefficient (Wildman–Crippen LogP) is 5.57. The maximum absolute atomic E-state index is 14.9. The lowest BCUT2D eigenvalue weighted by molar-refractivity contribution is -0.244. The summed E-state index contributed by atoms with van der Waals surface area (Å²) < 4.78 is 85.9. The Bertz CT molecular complexity index is 2080. The quantitative estimate of drug-likeness (QED) is 0.270. The first-order valence-electron chi connectivity index (χ1n) is 19.4. The number of hydrogen-bond acceptors (Lipinski definition) is 10. The van der Waals surface area contributed by atoms with Gasteiger partial charge in [0, 0.05) is 23.1 Å². The maximum atomic E-state index is 14.9. The highest BCUT2D eigenvalue weighted by Crippen LogP contribution is 2.46. The summed E-state index contributed by atoms with van der Waals surface area (Å²) in [4.78, 5) is 62.0. The number of alkyl carbamates (subject to hydrolysis) is 1. The van der Waals surface area contributed by atoms with Crippen LogP contribution < -0.4 is 24.8 Å². The van der Waals surface area contributed by atoms with Crippen molar-refractivity contribution in [3.05, 3.63) is 41.6 Å². The summed E-state index contributed by atoms with van der Waals surface area (Å²) in [7, 11) is -2.54. The Morgan fingerprint density at radius 2 is 1.86 bits per heavy atom. The van der Waals surface area contributed by atoms with Crippen molar-refractivity contribution in [2.45, 2.75) is 120 Å². The number of nitrogens with one attached hydrogen (secondary N) is 3. The third kappa shape index (κ3) is 8.97. The van der Waals surface area contributed by atoms with Crippen molar-refractivity contribution in [3.63, 3.8) is 0 Å². The minimum Gasteiger partial charge on any atom is -0.494 e. The van der Waals surface area contributed by atoms with E-state index in [0.717, 1.165) is 0 Å². The normalized spacial score (nSPS) is 28.9. The van der Waals surface area contributed by atoms with E-state index in [4.69, 9.17) is 25.8 Å². The molecule has 1 aromatic carbocycles. The van der Waals surface area contributed by atoms with Crippen molar-refractivity contribution >= 4 is 56.2 Å². The molecule has 3 fully saturated rings. The van der Waals surface area contributed by atoms with Crippen molar-refractivity contribution in [2.24, 2.45) is 17.8 Å². The molecule has 318 valence electrons. The first-order chi connectivity index (χ1) is 27.2. The molecule has 1 saturated heterocycles. The molecule has 7 atom stereocenters. The van der Waals surface area contributed by atoms with Gasteiger partial charge in [-0.25, -0.2) is 18.2 Å². The molecule has 3 heterocycles.